The largest absolute Gasteiger partial charge is 0.496 e. The molecular weight excluding hydrogens is 252 g/mol. The van der Waals surface area contributed by atoms with Crippen molar-refractivity contribution in [3.05, 3.63) is 59.2 Å². The molecule has 3 heteroatoms. The van der Waals surface area contributed by atoms with Gasteiger partial charge >= 0.3 is 0 Å². The zero-order valence-corrected chi connectivity index (χ0v) is 12.0. The molecule has 0 radical (unpaired) electrons. The molecule has 0 unspecified atom stereocenters. The van der Waals surface area contributed by atoms with Crippen molar-refractivity contribution in [1.29, 1.82) is 0 Å². The van der Waals surface area contributed by atoms with Gasteiger partial charge in [-0.05, 0) is 43.7 Å². The van der Waals surface area contributed by atoms with Crippen LogP contribution in [0.5, 0.6) is 11.5 Å². The van der Waals surface area contributed by atoms with Crippen molar-refractivity contribution < 1.29 is 14.3 Å². The highest BCUT2D eigenvalue weighted by Gasteiger charge is 2.13. The first-order valence-electron chi connectivity index (χ1n) is 6.47. The molecule has 3 nitrogen and oxygen atoms in total. The molecule has 0 heterocycles. The minimum Gasteiger partial charge on any atom is -0.496 e. The number of carbonyl (C=O) groups is 1. The van der Waals surface area contributed by atoms with Crippen LogP contribution in [0.3, 0.4) is 0 Å². The van der Waals surface area contributed by atoms with Crippen LogP contribution in [0.2, 0.25) is 0 Å². The van der Waals surface area contributed by atoms with Gasteiger partial charge in [0.05, 0.1) is 12.7 Å². The van der Waals surface area contributed by atoms with Crippen LogP contribution in [0.25, 0.3) is 0 Å². The van der Waals surface area contributed by atoms with Gasteiger partial charge in [0, 0.05) is 0 Å². The Balaban J connectivity index is 2.07. The maximum atomic E-state index is 12.2. The summed E-state index contributed by atoms with van der Waals surface area (Å²) < 4.78 is 10.7. The normalized spacial score (nSPS) is 10.2. The zero-order valence-electron chi connectivity index (χ0n) is 12.0. The molecule has 0 aliphatic rings. The third-order valence-electron chi connectivity index (χ3n) is 3.05. The SMILES string of the molecule is COc1cc(C)ccc1C(=O)COc1ccc(C)cc1. The summed E-state index contributed by atoms with van der Waals surface area (Å²) in [4.78, 5) is 12.2. The van der Waals surface area contributed by atoms with Crippen LogP contribution in [-0.4, -0.2) is 19.5 Å². The summed E-state index contributed by atoms with van der Waals surface area (Å²) in [6.07, 6.45) is 0. The molecule has 2 rings (SSSR count). The molecule has 2 aromatic rings. The molecule has 0 atom stereocenters. The van der Waals surface area contributed by atoms with Crippen LogP contribution in [0.1, 0.15) is 21.5 Å². The van der Waals surface area contributed by atoms with Gasteiger partial charge in [-0.2, -0.15) is 0 Å². The van der Waals surface area contributed by atoms with E-state index < -0.39 is 0 Å². The van der Waals surface area contributed by atoms with E-state index in [1.807, 2.05) is 50.2 Å². The Bertz CT molecular complexity index is 600. The predicted molar refractivity (Wildman–Crippen MR) is 78.7 cm³/mol. The molecule has 0 aliphatic carbocycles. The maximum absolute atomic E-state index is 12.2. The van der Waals surface area contributed by atoms with E-state index in [1.165, 1.54) is 0 Å². The standard InChI is InChI=1S/C17H18O3/c1-12-4-7-14(8-5-12)20-11-16(18)15-9-6-13(2)10-17(15)19-3/h4-10H,11H2,1-3H3. The second-order valence-electron chi connectivity index (χ2n) is 4.73. The summed E-state index contributed by atoms with van der Waals surface area (Å²) in [5.74, 6) is 1.18. The van der Waals surface area contributed by atoms with Gasteiger partial charge in [0.2, 0.25) is 5.78 Å². The zero-order chi connectivity index (χ0) is 14.5. The Morgan fingerprint density at radius 2 is 1.65 bits per heavy atom. The average Bonchev–Trinajstić information content (AvgIpc) is 2.46. The van der Waals surface area contributed by atoms with Gasteiger partial charge < -0.3 is 9.47 Å². The van der Waals surface area contributed by atoms with Crippen molar-refractivity contribution in [3.63, 3.8) is 0 Å². The summed E-state index contributed by atoms with van der Waals surface area (Å²) in [5.41, 5.74) is 2.76. The molecule has 0 aliphatic heterocycles. The second kappa shape index (κ2) is 6.24. The topological polar surface area (TPSA) is 35.5 Å². The third-order valence-corrected chi connectivity index (χ3v) is 3.05. The van der Waals surface area contributed by atoms with Crippen molar-refractivity contribution in [2.75, 3.05) is 13.7 Å². The quantitative estimate of drug-likeness (QED) is 0.779. The van der Waals surface area contributed by atoms with Gasteiger partial charge in [0.15, 0.2) is 6.61 Å². The van der Waals surface area contributed by atoms with Gasteiger partial charge in [0.25, 0.3) is 0 Å². The van der Waals surface area contributed by atoms with E-state index in [1.54, 1.807) is 13.2 Å². The molecule has 0 amide bonds. The number of ether oxygens (including phenoxy) is 2. The molecule has 0 aromatic heterocycles. The second-order valence-corrected chi connectivity index (χ2v) is 4.73. The molecule has 0 saturated heterocycles. The molecule has 0 spiro atoms. The van der Waals surface area contributed by atoms with Crippen molar-refractivity contribution >= 4 is 5.78 Å². The summed E-state index contributed by atoms with van der Waals surface area (Å²) in [5, 5.41) is 0. The van der Waals surface area contributed by atoms with Crippen LogP contribution < -0.4 is 9.47 Å². The Morgan fingerprint density at radius 3 is 2.30 bits per heavy atom. The molecule has 0 saturated carbocycles. The summed E-state index contributed by atoms with van der Waals surface area (Å²) in [6, 6.07) is 13.1. The Hall–Kier alpha value is -2.29. The lowest BCUT2D eigenvalue weighted by atomic mass is 10.1. The van der Waals surface area contributed by atoms with Crippen LogP contribution >= 0.6 is 0 Å². The van der Waals surface area contributed by atoms with Gasteiger partial charge in [-0.15, -0.1) is 0 Å². The van der Waals surface area contributed by atoms with E-state index in [2.05, 4.69) is 0 Å². The highest BCUT2D eigenvalue weighted by atomic mass is 16.5. The number of rotatable bonds is 5. The Morgan fingerprint density at radius 1 is 1.00 bits per heavy atom. The molecule has 0 bridgehead atoms. The number of aryl methyl sites for hydroxylation is 2. The monoisotopic (exact) mass is 270 g/mol. The first-order chi connectivity index (χ1) is 9.60. The van der Waals surface area contributed by atoms with E-state index in [0.29, 0.717) is 17.1 Å². The van der Waals surface area contributed by atoms with Crippen LogP contribution in [0.15, 0.2) is 42.5 Å². The molecule has 104 valence electrons. The van der Waals surface area contributed by atoms with Crippen molar-refractivity contribution in [3.8, 4) is 11.5 Å². The van der Waals surface area contributed by atoms with E-state index in [9.17, 15) is 4.79 Å². The minimum atomic E-state index is -0.0950. The lowest BCUT2D eigenvalue weighted by molar-refractivity contribution is 0.0918. The van der Waals surface area contributed by atoms with Gasteiger partial charge in [-0.1, -0.05) is 23.8 Å². The van der Waals surface area contributed by atoms with Gasteiger partial charge in [-0.3, -0.25) is 4.79 Å². The summed E-state index contributed by atoms with van der Waals surface area (Å²) in [6.45, 7) is 3.97. The Kier molecular flexibility index (Phi) is 4.41. The van der Waals surface area contributed by atoms with E-state index >= 15 is 0 Å². The number of carbonyl (C=O) groups excluding carboxylic acids is 1. The lowest BCUT2D eigenvalue weighted by Gasteiger charge is -2.10. The van der Waals surface area contributed by atoms with Crippen molar-refractivity contribution in [2.24, 2.45) is 0 Å². The van der Waals surface area contributed by atoms with E-state index in [0.717, 1.165) is 11.1 Å². The summed E-state index contributed by atoms with van der Waals surface area (Å²) >= 11 is 0. The fourth-order valence-corrected chi connectivity index (χ4v) is 1.89. The Labute approximate surface area is 119 Å². The fraction of sp³-hybridized carbons (Fsp3) is 0.235. The molecular formula is C17H18O3. The average molecular weight is 270 g/mol. The van der Waals surface area contributed by atoms with Crippen LogP contribution in [-0.2, 0) is 0 Å². The number of hydrogen-bond acceptors (Lipinski definition) is 3. The maximum Gasteiger partial charge on any atom is 0.203 e. The summed E-state index contributed by atoms with van der Waals surface area (Å²) in [7, 11) is 1.56. The predicted octanol–water partition coefficient (Wildman–Crippen LogP) is 3.57. The van der Waals surface area contributed by atoms with Crippen molar-refractivity contribution in [1.82, 2.24) is 0 Å². The van der Waals surface area contributed by atoms with Crippen LogP contribution in [0, 0.1) is 13.8 Å². The van der Waals surface area contributed by atoms with Gasteiger partial charge in [-0.25, -0.2) is 0 Å². The lowest BCUT2D eigenvalue weighted by Crippen LogP contribution is -2.12. The first-order valence-corrected chi connectivity index (χ1v) is 6.47. The number of ketones is 1. The fourth-order valence-electron chi connectivity index (χ4n) is 1.89. The van der Waals surface area contributed by atoms with Crippen molar-refractivity contribution in [2.45, 2.75) is 13.8 Å². The molecule has 0 fully saturated rings. The third kappa shape index (κ3) is 3.38. The minimum absolute atomic E-state index is 0.00246. The van der Waals surface area contributed by atoms with E-state index in [-0.39, 0.29) is 12.4 Å². The number of benzene rings is 2. The van der Waals surface area contributed by atoms with Crippen LogP contribution in [0.4, 0.5) is 0 Å². The first kappa shape index (κ1) is 14.1. The number of methoxy groups -OCH3 is 1. The highest BCUT2D eigenvalue weighted by molar-refractivity contribution is 5.99. The highest BCUT2D eigenvalue weighted by Crippen LogP contribution is 2.21. The number of hydrogen-bond donors (Lipinski definition) is 0. The molecule has 20 heavy (non-hydrogen) atoms. The van der Waals surface area contributed by atoms with Gasteiger partial charge in [0.1, 0.15) is 11.5 Å². The van der Waals surface area contributed by atoms with E-state index in [4.69, 9.17) is 9.47 Å². The number of Topliss-reactive ketones (excluding diaryl/α,β-unsaturated/α-hetero) is 1. The molecule has 0 N–H and O–H groups in total. The molecule has 2 aromatic carbocycles. The smallest absolute Gasteiger partial charge is 0.203 e.